The molecule has 0 unspecified atom stereocenters. The second-order valence-corrected chi connectivity index (χ2v) is 4.58. The molecule has 0 bridgehead atoms. The van der Waals surface area contributed by atoms with Gasteiger partial charge in [-0.2, -0.15) is 8.42 Å². The average molecular weight is 272 g/mol. The molecule has 7 nitrogen and oxygen atoms in total. The summed E-state index contributed by atoms with van der Waals surface area (Å²) < 4.78 is 31.1. The molecule has 0 radical (unpaired) electrons. The Morgan fingerprint density at radius 3 is 2.44 bits per heavy atom. The molecular weight excluding hydrogens is 260 g/mol. The van der Waals surface area contributed by atoms with E-state index < -0.39 is 16.3 Å². The van der Waals surface area contributed by atoms with E-state index in [0.717, 1.165) is 0 Å². The first-order valence-corrected chi connectivity index (χ1v) is 6.47. The average Bonchev–Trinajstić information content (AvgIpc) is 2.29. The molecule has 0 atom stereocenters. The van der Waals surface area contributed by atoms with E-state index in [0.29, 0.717) is 11.8 Å². The zero-order valence-electron chi connectivity index (χ0n) is 9.54. The first-order chi connectivity index (χ1) is 8.46. The van der Waals surface area contributed by atoms with Gasteiger partial charge in [-0.3, -0.25) is 9.52 Å². The lowest BCUT2D eigenvalue weighted by atomic mass is 10.2. The van der Waals surface area contributed by atoms with Crippen LogP contribution < -0.4 is 9.44 Å². The molecule has 0 aliphatic heterocycles. The van der Waals surface area contributed by atoms with Gasteiger partial charge >= 0.3 is 16.3 Å². The van der Waals surface area contributed by atoms with E-state index in [1.165, 1.54) is 24.3 Å². The molecule has 8 heteroatoms. The lowest BCUT2D eigenvalue weighted by Gasteiger charge is -2.09. The van der Waals surface area contributed by atoms with E-state index in [2.05, 4.69) is 9.46 Å². The highest BCUT2D eigenvalue weighted by molar-refractivity contribution is 7.91. The number of nitrogens with one attached hydrogen (secondary N) is 2. The molecule has 0 spiro atoms. The first kappa shape index (κ1) is 14.0. The number of anilines is 1. The SMILES string of the molecule is CCOC(=O)NS(=O)(=O)Nc1ccc(C=O)cc1. The Kier molecular flexibility index (Phi) is 4.67. The third kappa shape index (κ3) is 4.42. The van der Waals surface area contributed by atoms with Crippen LogP contribution in [-0.4, -0.2) is 27.4 Å². The topological polar surface area (TPSA) is 102 Å². The van der Waals surface area contributed by atoms with Gasteiger partial charge in [0.15, 0.2) is 0 Å². The van der Waals surface area contributed by atoms with Crippen LogP contribution in [0.5, 0.6) is 0 Å². The Balaban J connectivity index is 2.69. The van der Waals surface area contributed by atoms with Gasteiger partial charge in [-0.25, -0.2) is 9.52 Å². The second kappa shape index (κ2) is 6.01. The minimum absolute atomic E-state index is 0.0649. The maximum Gasteiger partial charge on any atom is 0.422 e. The molecule has 18 heavy (non-hydrogen) atoms. The number of aldehydes is 1. The normalized spacial score (nSPS) is 10.5. The number of rotatable bonds is 5. The van der Waals surface area contributed by atoms with E-state index in [4.69, 9.17) is 0 Å². The van der Waals surface area contributed by atoms with Crippen LogP contribution in [0.2, 0.25) is 0 Å². The summed E-state index contributed by atoms with van der Waals surface area (Å²) in [6.07, 6.45) is -0.427. The van der Waals surface area contributed by atoms with Gasteiger partial charge in [-0.1, -0.05) is 0 Å². The fraction of sp³-hybridized carbons (Fsp3) is 0.200. The summed E-state index contributed by atoms with van der Waals surface area (Å²) in [5.41, 5.74) is 0.633. The fourth-order valence-corrected chi connectivity index (χ4v) is 1.86. The number of ether oxygens (including phenoxy) is 1. The number of carbonyl (C=O) groups is 2. The molecule has 1 aromatic rings. The third-order valence-electron chi connectivity index (χ3n) is 1.79. The number of hydrogen-bond donors (Lipinski definition) is 2. The van der Waals surface area contributed by atoms with Gasteiger partial charge < -0.3 is 4.74 Å². The molecule has 0 saturated carbocycles. The zero-order valence-corrected chi connectivity index (χ0v) is 10.4. The van der Waals surface area contributed by atoms with Gasteiger partial charge in [0.2, 0.25) is 0 Å². The molecule has 2 N–H and O–H groups in total. The summed E-state index contributed by atoms with van der Waals surface area (Å²) in [6, 6.07) is 5.67. The second-order valence-electron chi connectivity index (χ2n) is 3.17. The Morgan fingerprint density at radius 1 is 1.33 bits per heavy atom. The predicted octanol–water partition coefficient (Wildman–Crippen LogP) is 0.902. The molecule has 0 aromatic heterocycles. The molecule has 1 aromatic carbocycles. The van der Waals surface area contributed by atoms with Crippen LogP contribution in [0.3, 0.4) is 0 Å². The summed E-state index contributed by atoms with van der Waals surface area (Å²) in [6.45, 7) is 1.62. The van der Waals surface area contributed by atoms with E-state index in [1.807, 2.05) is 0 Å². The van der Waals surface area contributed by atoms with Crippen molar-refractivity contribution in [3.8, 4) is 0 Å². The Labute approximate surface area is 104 Å². The maximum absolute atomic E-state index is 11.4. The van der Waals surface area contributed by atoms with E-state index in [9.17, 15) is 18.0 Å². The van der Waals surface area contributed by atoms with Crippen molar-refractivity contribution in [2.45, 2.75) is 6.92 Å². The van der Waals surface area contributed by atoms with Gasteiger partial charge in [0.1, 0.15) is 6.29 Å². The van der Waals surface area contributed by atoms with Gasteiger partial charge in [0, 0.05) is 5.56 Å². The van der Waals surface area contributed by atoms with Crippen LogP contribution >= 0.6 is 0 Å². The van der Waals surface area contributed by atoms with Crippen molar-refractivity contribution < 1.29 is 22.7 Å². The van der Waals surface area contributed by atoms with Crippen LogP contribution in [0.4, 0.5) is 10.5 Å². The van der Waals surface area contributed by atoms with Gasteiger partial charge in [-0.15, -0.1) is 0 Å². The summed E-state index contributed by atoms with van der Waals surface area (Å²) in [5, 5.41) is 0. The van der Waals surface area contributed by atoms with Gasteiger partial charge in [0.05, 0.1) is 12.3 Å². The summed E-state index contributed by atoms with van der Waals surface area (Å²) in [4.78, 5) is 21.4. The standard InChI is InChI=1S/C10H12N2O5S/c1-2-17-10(14)12-18(15,16)11-9-5-3-8(7-13)4-6-9/h3-7,11H,2H2,1H3,(H,12,14). The zero-order chi connectivity index (χ0) is 13.6. The molecule has 1 amide bonds. The Bertz CT molecular complexity index is 524. The van der Waals surface area contributed by atoms with Crippen LogP contribution in [0.1, 0.15) is 17.3 Å². The number of benzene rings is 1. The number of carbonyl (C=O) groups excluding carboxylic acids is 2. The molecule has 1 rings (SSSR count). The molecule has 98 valence electrons. The fourth-order valence-electron chi connectivity index (χ4n) is 1.08. The first-order valence-electron chi connectivity index (χ1n) is 4.99. The van der Waals surface area contributed by atoms with Crippen molar-refractivity contribution in [3.63, 3.8) is 0 Å². The highest BCUT2D eigenvalue weighted by atomic mass is 32.2. The smallest absolute Gasteiger partial charge is 0.422 e. The molecule has 0 fully saturated rings. The van der Waals surface area contributed by atoms with Crippen molar-refractivity contribution in [3.05, 3.63) is 29.8 Å². The van der Waals surface area contributed by atoms with Gasteiger partial charge in [-0.05, 0) is 31.2 Å². The monoisotopic (exact) mass is 272 g/mol. The summed E-state index contributed by atoms with van der Waals surface area (Å²) in [7, 11) is -4.04. The van der Waals surface area contributed by atoms with Crippen molar-refractivity contribution in [1.82, 2.24) is 4.72 Å². The quantitative estimate of drug-likeness (QED) is 0.775. The number of hydrogen-bond acceptors (Lipinski definition) is 5. The highest BCUT2D eigenvalue weighted by Gasteiger charge is 2.14. The van der Waals surface area contributed by atoms with E-state index >= 15 is 0 Å². The molecule has 0 aliphatic carbocycles. The molecule has 0 aliphatic rings. The molecular formula is C10H12N2O5S. The van der Waals surface area contributed by atoms with Crippen molar-refractivity contribution in [1.29, 1.82) is 0 Å². The summed E-state index contributed by atoms with van der Waals surface area (Å²) in [5.74, 6) is 0. The Morgan fingerprint density at radius 2 is 1.94 bits per heavy atom. The van der Waals surface area contributed by atoms with E-state index in [-0.39, 0.29) is 12.3 Å². The van der Waals surface area contributed by atoms with Gasteiger partial charge in [0.25, 0.3) is 0 Å². The highest BCUT2D eigenvalue weighted by Crippen LogP contribution is 2.09. The van der Waals surface area contributed by atoms with Crippen molar-refractivity contribution in [2.75, 3.05) is 11.3 Å². The minimum Gasteiger partial charge on any atom is -0.449 e. The van der Waals surface area contributed by atoms with E-state index in [1.54, 1.807) is 11.6 Å². The lowest BCUT2D eigenvalue weighted by molar-refractivity contribution is 0.112. The van der Waals surface area contributed by atoms with Crippen LogP contribution in [-0.2, 0) is 14.9 Å². The molecule has 0 saturated heterocycles. The lowest BCUT2D eigenvalue weighted by Crippen LogP contribution is -2.35. The van der Waals surface area contributed by atoms with Crippen LogP contribution in [0, 0.1) is 0 Å². The minimum atomic E-state index is -4.04. The largest absolute Gasteiger partial charge is 0.449 e. The maximum atomic E-state index is 11.4. The van der Waals surface area contributed by atoms with Crippen LogP contribution in [0.15, 0.2) is 24.3 Å². The third-order valence-corrected chi connectivity index (χ3v) is 2.73. The van der Waals surface area contributed by atoms with Crippen molar-refractivity contribution >= 4 is 28.3 Å². The van der Waals surface area contributed by atoms with Crippen molar-refractivity contribution in [2.24, 2.45) is 0 Å². The Hall–Kier alpha value is -2.09. The number of amides is 1. The summed E-state index contributed by atoms with van der Waals surface area (Å²) >= 11 is 0. The van der Waals surface area contributed by atoms with Crippen LogP contribution in [0.25, 0.3) is 0 Å². The molecule has 0 heterocycles. The predicted molar refractivity (Wildman–Crippen MR) is 64.5 cm³/mol.